The van der Waals surface area contributed by atoms with Crippen LogP contribution < -0.4 is 0 Å². The molecular formula is C17H27N3O4. The van der Waals surface area contributed by atoms with E-state index in [1.54, 1.807) is 21.0 Å². The molecule has 24 heavy (non-hydrogen) atoms. The van der Waals surface area contributed by atoms with E-state index in [0.29, 0.717) is 35.7 Å². The minimum atomic E-state index is -0.423. The van der Waals surface area contributed by atoms with Gasteiger partial charge in [-0.3, -0.25) is 4.79 Å². The smallest absolute Gasteiger partial charge is 0.340 e. The number of aromatic amines is 1. The van der Waals surface area contributed by atoms with Crippen LogP contribution in [0, 0.1) is 13.8 Å². The predicted octanol–water partition coefficient (Wildman–Crippen LogP) is 1.21. The summed E-state index contributed by atoms with van der Waals surface area (Å²) in [6.45, 7) is 7.39. The van der Waals surface area contributed by atoms with E-state index in [1.807, 2.05) is 4.90 Å². The monoisotopic (exact) mass is 337 g/mol. The molecule has 0 aliphatic carbocycles. The number of likely N-dealkylation sites (N-methyl/N-ethyl adjacent to an activating group) is 1. The number of hydrogen-bond acceptors (Lipinski definition) is 5. The van der Waals surface area contributed by atoms with E-state index in [9.17, 15) is 9.59 Å². The highest BCUT2D eigenvalue weighted by molar-refractivity contribution is 6.00. The normalized spacial score (nSPS) is 16.1. The van der Waals surface area contributed by atoms with E-state index in [4.69, 9.17) is 9.47 Å². The highest BCUT2D eigenvalue weighted by Crippen LogP contribution is 2.21. The zero-order valence-corrected chi connectivity index (χ0v) is 15.0. The molecule has 7 nitrogen and oxygen atoms in total. The summed E-state index contributed by atoms with van der Waals surface area (Å²) < 4.78 is 10.1. The van der Waals surface area contributed by atoms with Crippen molar-refractivity contribution in [1.29, 1.82) is 0 Å². The third-order valence-corrected chi connectivity index (χ3v) is 4.38. The summed E-state index contributed by atoms with van der Waals surface area (Å²) in [5, 5.41) is 0. The van der Waals surface area contributed by atoms with Crippen LogP contribution in [-0.2, 0) is 9.47 Å². The molecule has 1 saturated heterocycles. The first kappa shape index (κ1) is 18.5. The van der Waals surface area contributed by atoms with Crippen LogP contribution in [0.25, 0.3) is 0 Å². The van der Waals surface area contributed by atoms with Crippen molar-refractivity contribution >= 4 is 11.9 Å². The van der Waals surface area contributed by atoms with Crippen LogP contribution in [0.1, 0.15) is 38.5 Å². The van der Waals surface area contributed by atoms with Crippen molar-refractivity contribution in [3.63, 3.8) is 0 Å². The van der Waals surface area contributed by atoms with Crippen LogP contribution in [0.3, 0.4) is 0 Å². The molecule has 134 valence electrons. The first-order valence-electron chi connectivity index (χ1n) is 8.28. The maximum atomic E-state index is 12.8. The number of carbonyl (C=O) groups is 2. The Hall–Kier alpha value is -1.86. The lowest BCUT2D eigenvalue weighted by Gasteiger charge is -2.20. The summed E-state index contributed by atoms with van der Waals surface area (Å²) in [5.41, 5.74) is 2.24. The Kier molecular flexibility index (Phi) is 6.39. The van der Waals surface area contributed by atoms with E-state index in [1.165, 1.54) is 0 Å². The molecular weight excluding hydrogens is 310 g/mol. The van der Waals surface area contributed by atoms with Gasteiger partial charge in [0.15, 0.2) is 0 Å². The number of nitrogens with zero attached hydrogens (tertiary/aromatic N) is 2. The largest absolute Gasteiger partial charge is 0.460 e. The first-order chi connectivity index (χ1) is 11.5. The van der Waals surface area contributed by atoms with Crippen molar-refractivity contribution in [1.82, 2.24) is 14.8 Å². The van der Waals surface area contributed by atoms with Crippen molar-refractivity contribution in [2.75, 3.05) is 53.6 Å². The second-order valence-electron chi connectivity index (χ2n) is 6.20. The number of aromatic nitrogens is 1. The van der Waals surface area contributed by atoms with Crippen LogP contribution in [0.4, 0.5) is 0 Å². The summed E-state index contributed by atoms with van der Waals surface area (Å²) in [6, 6.07) is 0. The summed E-state index contributed by atoms with van der Waals surface area (Å²) in [4.78, 5) is 32.2. The zero-order chi connectivity index (χ0) is 17.7. The van der Waals surface area contributed by atoms with Gasteiger partial charge in [-0.05, 0) is 39.4 Å². The van der Waals surface area contributed by atoms with Gasteiger partial charge in [0, 0.05) is 32.4 Å². The number of esters is 1. The topological polar surface area (TPSA) is 74.9 Å². The van der Waals surface area contributed by atoms with Gasteiger partial charge in [-0.1, -0.05) is 0 Å². The fourth-order valence-electron chi connectivity index (χ4n) is 2.97. The Labute approximate surface area is 142 Å². The summed E-state index contributed by atoms with van der Waals surface area (Å²) in [6.07, 6.45) is 0.951. The molecule has 0 spiro atoms. The molecule has 1 fully saturated rings. The summed E-state index contributed by atoms with van der Waals surface area (Å²) >= 11 is 0. The number of carbonyl (C=O) groups excluding carboxylic acids is 2. The van der Waals surface area contributed by atoms with Gasteiger partial charge in [0.2, 0.25) is 0 Å². The number of methoxy groups -OCH3 is 1. The Morgan fingerprint density at radius 2 is 1.88 bits per heavy atom. The molecule has 1 aromatic heterocycles. The Morgan fingerprint density at radius 1 is 1.12 bits per heavy atom. The molecule has 2 rings (SSSR count). The SMILES string of the molecule is COCCOC(=O)c1c(C)[nH]c(C(=O)N2CCCN(C)CC2)c1C. The maximum Gasteiger partial charge on any atom is 0.340 e. The molecule has 0 saturated carbocycles. The van der Waals surface area contributed by atoms with Crippen molar-refractivity contribution in [3.05, 3.63) is 22.5 Å². The van der Waals surface area contributed by atoms with Crippen molar-refractivity contribution < 1.29 is 19.1 Å². The molecule has 7 heteroatoms. The Morgan fingerprint density at radius 3 is 2.58 bits per heavy atom. The zero-order valence-electron chi connectivity index (χ0n) is 15.0. The maximum absolute atomic E-state index is 12.8. The number of rotatable bonds is 5. The van der Waals surface area contributed by atoms with E-state index in [0.717, 1.165) is 26.1 Å². The van der Waals surface area contributed by atoms with Gasteiger partial charge >= 0.3 is 5.97 Å². The highest BCUT2D eigenvalue weighted by Gasteiger charge is 2.26. The molecule has 1 aromatic rings. The molecule has 2 heterocycles. The van der Waals surface area contributed by atoms with E-state index >= 15 is 0 Å². The Balaban J connectivity index is 2.15. The lowest BCUT2D eigenvalue weighted by molar-refractivity contribution is 0.0387. The van der Waals surface area contributed by atoms with Crippen molar-refractivity contribution in [2.24, 2.45) is 0 Å². The highest BCUT2D eigenvalue weighted by atomic mass is 16.6. The molecule has 0 unspecified atom stereocenters. The molecule has 0 atom stereocenters. The van der Waals surface area contributed by atoms with Gasteiger partial charge in [-0.2, -0.15) is 0 Å². The number of amides is 1. The second-order valence-corrected chi connectivity index (χ2v) is 6.20. The first-order valence-corrected chi connectivity index (χ1v) is 8.28. The van der Waals surface area contributed by atoms with Gasteiger partial charge in [-0.25, -0.2) is 4.79 Å². The third-order valence-electron chi connectivity index (χ3n) is 4.38. The van der Waals surface area contributed by atoms with Crippen molar-refractivity contribution in [2.45, 2.75) is 20.3 Å². The third kappa shape index (κ3) is 4.15. The number of H-pyrrole nitrogens is 1. The average molecular weight is 337 g/mol. The standard InChI is InChI=1S/C17H27N3O4/c1-12-14(17(22)24-11-10-23-4)13(2)18-15(12)16(21)20-7-5-6-19(3)8-9-20/h18H,5-11H2,1-4H3. The van der Waals surface area contributed by atoms with E-state index in [2.05, 4.69) is 16.9 Å². The van der Waals surface area contributed by atoms with Crippen LogP contribution in [0.5, 0.6) is 0 Å². The number of hydrogen-bond donors (Lipinski definition) is 1. The van der Waals surface area contributed by atoms with Gasteiger partial charge < -0.3 is 24.3 Å². The van der Waals surface area contributed by atoms with E-state index < -0.39 is 5.97 Å². The lowest BCUT2D eigenvalue weighted by atomic mass is 10.1. The van der Waals surface area contributed by atoms with Crippen molar-refractivity contribution in [3.8, 4) is 0 Å². The van der Waals surface area contributed by atoms with Gasteiger partial charge in [0.05, 0.1) is 12.2 Å². The van der Waals surface area contributed by atoms with Crippen LogP contribution in [0.15, 0.2) is 0 Å². The molecule has 1 amide bonds. The fourth-order valence-corrected chi connectivity index (χ4v) is 2.97. The number of nitrogens with one attached hydrogen (secondary N) is 1. The second kappa shape index (κ2) is 8.30. The summed E-state index contributed by atoms with van der Waals surface area (Å²) in [5.74, 6) is -0.477. The molecule has 0 bridgehead atoms. The Bertz CT molecular complexity index is 597. The van der Waals surface area contributed by atoms with Gasteiger partial charge in [0.1, 0.15) is 12.3 Å². The molecule has 0 radical (unpaired) electrons. The lowest BCUT2D eigenvalue weighted by Crippen LogP contribution is -2.35. The van der Waals surface area contributed by atoms with Crippen LogP contribution in [-0.4, -0.2) is 80.2 Å². The molecule has 1 aliphatic heterocycles. The average Bonchev–Trinajstić information content (AvgIpc) is 2.71. The van der Waals surface area contributed by atoms with Crippen LogP contribution in [0.2, 0.25) is 0 Å². The van der Waals surface area contributed by atoms with Gasteiger partial charge in [0.25, 0.3) is 5.91 Å². The number of ether oxygens (including phenoxy) is 2. The fraction of sp³-hybridized carbons (Fsp3) is 0.647. The molecule has 0 aromatic carbocycles. The number of aryl methyl sites for hydroxylation is 1. The van der Waals surface area contributed by atoms with Gasteiger partial charge in [-0.15, -0.1) is 0 Å². The molecule has 1 aliphatic rings. The van der Waals surface area contributed by atoms with Crippen LogP contribution >= 0.6 is 0 Å². The molecule has 1 N–H and O–H groups in total. The van der Waals surface area contributed by atoms with E-state index in [-0.39, 0.29) is 12.5 Å². The minimum Gasteiger partial charge on any atom is -0.460 e. The minimum absolute atomic E-state index is 0.0539. The predicted molar refractivity (Wildman–Crippen MR) is 90.4 cm³/mol. The summed E-state index contributed by atoms with van der Waals surface area (Å²) in [7, 11) is 3.61. The quantitative estimate of drug-likeness (QED) is 0.646.